The first-order valence-corrected chi connectivity index (χ1v) is 8.07. The summed E-state index contributed by atoms with van der Waals surface area (Å²) in [7, 11) is -2.95. The third-order valence-electron chi connectivity index (χ3n) is 3.60. The molecule has 6 nitrogen and oxygen atoms in total. The summed E-state index contributed by atoms with van der Waals surface area (Å²) >= 11 is 0. The van der Waals surface area contributed by atoms with Gasteiger partial charge in [-0.2, -0.15) is 0 Å². The van der Waals surface area contributed by atoms with Crippen molar-refractivity contribution < 1.29 is 18.0 Å². The molecule has 2 rings (SSSR count). The minimum Gasteiger partial charge on any atom is -0.273 e. The van der Waals surface area contributed by atoms with E-state index in [1.807, 2.05) is 0 Å². The van der Waals surface area contributed by atoms with Crippen LogP contribution in [0, 0.1) is 11.8 Å². The first kappa shape index (κ1) is 13.3. The molecule has 7 heteroatoms. The highest BCUT2D eigenvalue weighted by atomic mass is 32.2. The Hall–Kier alpha value is -1.11. The highest BCUT2D eigenvalue weighted by Crippen LogP contribution is 2.26. The fourth-order valence-electron chi connectivity index (χ4n) is 2.25. The highest BCUT2D eigenvalue weighted by Gasteiger charge is 2.30. The number of carbonyl (C=O) groups is 2. The number of hydrogen-bond donors (Lipinski definition) is 2. The van der Waals surface area contributed by atoms with Crippen LogP contribution in [0.5, 0.6) is 0 Å². The highest BCUT2D eigenvalue weighted by molar-refractivity contribution is 7.91. The number of hydrazine groups is 1. The van der Waals surface area contributed by atoms with Gasteiger partial charge in [0, 0.05) is 12.3 Å². The van der Waals surface area contributed by atoms with Crippen molar-refractivity contribution in [3.05, 3.63) is 0 Å². The molecular formula is C11H18N2O4S. The zero-order chi connectivity index (χ0) is 13.2. The Kier molecular flexibility index (Phi) is 3.89. The van der Waals surface area contributed by atoms with Gasteiger partial charge >= 0.3 is 0 Å². The molecule has 0 aromatic rings. The number of carbonyl (C=O) groups excluding carboxylic acids is 2. The molecule has 1 heterocycles. The molecule has 1 saturated carbocycles. The summed E-state index contributed by atoms with van der Waals surface area (Å²) in [6.45, 7) is 0. The van der Waals surface area contributed by atoms with Gasteiger partial charge in [-0.3, -0.25) is 20.4 Å². The van der Waals surface area contributed by atoms with E-state index in [1.165, 1.54) is 0 Å². The SMILES string of the molecule is O=C(CC1CCS(=O)(=O)C1)NNC(=O)C1CCC1. The summed E-state index contributed by atoms with van der Waals surface area (Å²) in [6.07, 6.45) is 3.51. The van der Waals surface area contributed by atoms with E-state index in [2.05, 4.69) is 10.9 Å². The van der Waals surface area contributed by atoms with Crippen LogP contribution in [0.4, 0.5) is 0 Å². The van der Waals surface area contributed by atoms with Gasteiger partial charge in [-0.15, -0.1) is 0 Å². The third-order valence-corrected chi connectivity index (χ3v) is 5.44. The maximum absolute atomic E-state index is 11.5. The van der Waals surface area contributed by atoms with Crippen molar-refractivity contribution >= 4 is 21.7 Å². The number of hydrogen-bond acceptors (Lipinski definition) is 4. The number of amides is 2. The largest absolute Gasteiger partial charge is 0.273 e. The van der Waals surface area contributed by atoms with Crippen LogP contribution in [0.15, 0.2) is 0 Å². The third kappa shape index (κ3) is 3.44. The molecular weight excluding hydrogens is 256 g/mol. The van der Waals surface area contributed by atoms with E-state index in [0.29, 0.717) is 6.42 Å². The summed E-state index contributed by atoms with van der Waals surface area (Å²) < 4.78 is 22.4. The van der Waals surface area contributed by atoms with Gasteiger partial charge in [-0.1, -0.05) is 6.42 Å². The molecule has 1 saturated heterocycles. The maximum atomic E-state index is 11.5. The number of nitrogens with one attached hydrogen (secondary N) is 2. The average molecular weight is 274 g/mol. The monoisotopic (exact) mass is 274 g/mol. The van der Waals surface area contributed by atoms with E-state index >= 15 is 0 Å². The topological polar surface area (TPSA) is 92.3 Å². The van der Waals surface area contributed by atoms with E-state index < -0.39 is 9.84 Å². The first-order chi connectivity index (χ1) is 8.46. The molecule has 2 aliphatic rings. The van der Waals surface area contributed by atoms with Gasteiger partial charge in [-0.25, -0.2) is 8.42 Å². The van der Waals surface area contributed by atoms with Crippen LogP contribution >= 0.6 is 0 Å². The van der Waals surface area contributed by atoms with Gasteiger partial charge in [0.15, 0.2) is 9.84 Å². The minimum absolute atomic E-state index is 0.0251. The Balaban J connectivity index is 1.67. The second kappa shape index (κ2) is 5.26. The van der Waals surface area contributed by atoms with Gasteiger partial charge in [-0.05, 0) is 25.2 Å². The van der Waals surface area contributed by atoms with Crippen LogP contribution < -0.4 is 10.9 Å². The van der Waals surface area contributed by atoms with E-state index in [0.717, 1.165) is 19.3 Å². The van der Waals surface area contributed by atoms with Crippen molar-refractivity contribution in [1.82, 2.24) is 10.9 Å². The molecule has 1 aliphatic carbocycles. The molecule has 0 radical (unpaired) electrons. The van der Waals surface area contributed by atoms with Gasteiger partial charge in [0.1, 0.15) is 0 Å². The summed E-state index contributed by atoms with van der Waals surface area (Å²) in [6, 6.07) is 0. The second-order valence-electron chi connectivity index (χ2n) is 5.14. The Morgan fingerprint density at radius 3 is 2.33 bits per heavy atom. The standard InChI is InChI=1S/C11H18N2O4S/c14-10(6-8-4-5-18(16,17)7-8)12-13-11(15)9-2-1-3-9/h8-9H,1-7H2,(H,12,14)(H,13,15). The molecule has 1 atom stereocenters. The quantitative estimate of drug-likeness (QED) is 0.695. The predicted octanol–water partition coefficient (Wildman–Crippen LogP) is -0.241. The lowest BCUT2D eigenvalue weighted by molar-refractivity contribution is -0.133. The van der Waals surface area contributed by atoms with Crippen LogP contribution in [-0.2, 0) is 19.4 Å². The van der Waals surface area contributed by atoms with Crippen molar-refractivity contribution in [3.8, 4) is 0 Å². The van der Waals surface area contributed by atoms with Crippen molar-refractivity contribution in [2.24, 2.45) is 11.8 Å². The number of rotatable bonds is 3. The van der Waals surface area contributed by atoms with Gasteiger partial charge in [0.2, 0.25) is 11.8 Å². The summed E-state index contributed by atoms with van der Waals surface area (Å²) in [5.74, 6) is -0.303. The van der Waals surface area contributed by atoms with Gasteiger partial charge in [0.25, 0.3) is 0 Å². The van der Waals surface area contributed by atoms with Gasteiger partial charge in [0.05, 0.1) is 11.5 Å². The summed E-state index contributed by atoms with van der Waals surface area (Å²) in [5.41, 5.74) is 4.74. The van der Waals surface area contributed by atoms with Crippen molar-refractivity contribution in [3.63, 3.8) is 0 Å². The van der Waals surface area contributed by atoms with Crippen LogP contribution in [0.2, 0.25) is 0 Å². The summed E-state index contributed by atoms with van der Waals surface area (Å²) in [4.78, 5) is 23.0. The lowest BCUT2D eigenvalue weighted by atomic mass is 9.85. The average Bonchev–Trinajstić information content (AvgIpc) is 2.52. The van der Waals surface area contributed by atoms with Crippen molar-refractivity contribution in [1.29, 1.82) is 0 Å². The molecule has 0 aromatic heterocycles. The lowest BCUT2D eigenvalue weighted by Gasteiger charge is -2.24. The van der Waals surface area contributed by atoms with Crippen LogP contribution in [0.3, 0.4) is 0 Å². The molecule has 0 aromatic carbocycles. The van der Waals surface area contributed by atoms with Crippen LogP contribution in [-0.4, -0.2) is 31.7 Å². The van der Waals surface area contributed by atoms with Crippen molar-refractivity contribution in [2.75, 3.05) is 11.5 Å². The Morgan fingerprint density at radius 1 is 1.11 bits per heavy atom. The Morgan fingerprint density at radius 2 is 1.83 bits per heavy atom. The predicted molar refractivity (Wildman–Crippen MR) is 65.0 cm³/mol. The molecule has 0 bridgehead atoms. The normalized spacial score (nSPS) is 26.3. The van der Waals surface area contributed by atoms with E-state index in [1.54, 1.807) is 0 Å². The molecule has 18 heavy (non-hydrogen) atoms. The first-order valence-electron chi connectivity index (χ1n) is 6.25. The fraction of sp³-hybridized carbons (Fsp3) is 0.818. The van der Waals surface area contributed by atoms with E-state index in [-0.39, 0.29) is 41.6 Å². The molecule has 102 valence electrons. The van der Waals surface area contributed by atoms with Crippen LogP contribution in [0.1, 0.15) is 32.1 Å². The maximum Gasteiger partial charge on any atom is 0.241 e. The Labute approximate surface area is 106 Å². The lowest BCUT2D eigenvalue weighted by Crippen LogP contribution is -2.46. The Bertz CT molecular complexity index is 442. The van der Waals surface area contributed by atoms with Gasteiger partial charge < -0.3 is 0 Å². The molecule has 2 amide bonds. The molecule has 0 spiro atoms. The second-order valence-corrected chi connectivity index (χ2v) is 7.37. The smallest absolute Gasteiger partial charge is 0.241 e. The van der Waals surface area contributed by atoms with E-state index in [9.17, 15) is 18.0 Å². The molecule has 1 unspecified atom stereocenters. The zero-order valence-electron chi connectivity index (χ0n) is 10.1. The summed E-state index contributed by atoms with van der Waals surface area (Å²) in [5, 5.41) is 0. The molecule has 2 fully saturated rings. The molecule has 2 N–H and O–H groups in total. The fourth-order valence-corrected chi connectivity index (χ4v) is 4.11. The van der Waals surface area contributed by atoms with Crippen molar-refractivity contribution in [2.45, 2.75) is 32.1 Å². The van der Waals surface area contributed by atoms with Crippen LogP contribution in [0.25, 0.3) is 0 Å². The minimum atomic E-state index is -2.95. The number of sulfone groups is 1. The molecule has 1 aliphatic heterocycles. The zero-order valence-corrected chi connectivity index (χ0v) is 11.0. The van der Waals surface area contributed by atoms with E-state index in [4.69, 9.17) is 0 Å².